The molecule has 0 saturated heterocycles. The Kier molecular flexibility index (Phi) is 5.99. The first-order chi connectivity index (χ1) is 15.1. The molecule has 0 radical (unpaired) electrons. The number of hydrogen-bond acceptors (Lipinski definition) is 5. The second-order valence-corrected chi connectivity index (χ2v) is 6.45. The first-order valence-electron chi connectivity index (χ1n) is 9.40. The van der Waals surface area contributed by atoms with Crippen molar-refractivity contribution in [3.8, 4) is 11.6 Å². The summed E-state index contributed by atoms with van der Waals surface area (Å²) in [7, 11) is 0. The number of carbonyl (C=O) groups excluding carboxylic acids is 1. The van der Waals surface area contributed by atoms with Crippen LogP contribution < -0.4 is 20.7 Å². The molecule has 0 spiro atoms. The highest BCUT2D eigenvalue weighted by Crippen LogP contribution is 2.24. The average Bonchev–Trinajstić information content (AvgIpc) is 2.76. The number of amides is 2. The second kappa shape index (κ2) is 9.36. The van der Waals surface area contributed by atoms with Crippen molar-refractivity contribution < 1.29 is 13.9 Å². The smallest absolute Gasteiger partial charge is 0.323 e. The number of para-hydroxylation sites is 1. The Labute approximate surface area is 177 Å². The minimum Gasteiger partial charge on any atom is -0.439 e. The van der Waals surface area contributed by atoms with Crippen molar-refractivity contribution in [2.45, 2.75) is 0 Å². The molecule has 4 rings (SSSR count). The molecule has 1 heterocycles. The summed E-state index contributed by atoms with van der Waals surface area (Å²) in [6.45, 7) is 0. The van der Waals surface area contributed by atoms with Gasteiger partial charge in [0.15, 0.2) is 0 Å². The maximum absolute atomic E-state index is 13.3. The van der Waals surface area contributed by atoms with Crippen molar-refractivity contribution >= 4 is 28.9 Å². The molecular formula is C23H18FN5O2. The van der Waals surface area contributed by atoms with Gasteiger partial charge in [0.25, 0.3) is 0 Å². The van der Waals surface area contributed by atoms with E-state index >= 15 is 0 Å². The molecule has 0 atom stereocenters. The number of rotatable bonds is 6. The van der Waals surface area contributed by atoms with Gasteiger partial charge in [0.2, 0.25) is 5.88 Å². The Morgan fingerprint density at radius 2 is 1.48 bits per heavy atom. The number of carbonyl (C=O) groups is 1. The summed E-state index contributed by atoms with van der Waals surface area (Å²) in [6, 6.07) is 23.3. The van der Waals surface area contributed by atoms with Crippen LogP contribution >= 0.6 is 0 Å². The number of benzene rings is 3. The fourth-order valence-corrected chi connectivity index (χ4v) is 2.72. The van der Waals surface area contributed by atoms with Crippen molar-refractivity contribution in [1.82, 2.24) is 9.97 Å². The molecule has 3 aromatic carbocycles. The summed E-state index contributed by atoms with van der Waals surface area (Å²) >= 11 is 0. The van der Waals surface area contributed by atoms with E-state index in [1.54, 1.807) is 54.6 Å². The van der Waals surface area contributed by atoms with E-state index in [4.69, 9.17) is 4.74 Å². The van der Waals surface area contributed by atoms with E-state index in [9.17, 15) is 9.18 Å². The van der Waals surface area contributed by atoms with Gasteiger partial charge in [-0.05, 0) is 54.6 Å². The van der Waals surface area contributed by atoms with E-state index in [1.165, 1.54) is 18.5 Å². The number of anilines is 4. The summed E-state index contributed by atoms with van der Waals surface area (Å²) in [4.78, 5) is 20.3. The SMILES string of the molecule is O=C(Nc1ccccc1)Nc1ccc(Oc2cc(Nc3cccc(F)c3)ncn2)cc1. The van der Waals surface area contributed by atoms with Gasteiger partial charge < -0.3 is 20.7 Å². The topological polar surface area (TPSA) is 88.2 Å². The quantitative estimate of drug-likeness (QED) is 0.371. The highest BCUT2D eigenvalue weighted by Gasteiger charge is 2.05. The summed E-state index contributed by atoms with van der Waals surface area (Å²) in [6.07, 6.45) is 1.35. The van der Waals surface area contributed by atoms with Crippen LogP contribution in [0.2, 0.25) is 0 Å². The number of urea groups is 1. The lowest BCUT2D eigenvalue weighted by molar-refractivity contribution is 0.262. The van der Waals surface area contributed by atoms with Gasteiger partial charge in [-0.3, -0.25) is 0 Å². The van der Waals surface area contributed by atoms with Crippen molar-refractivity contribution in [1.29, 1.82) is 0 Å². The van der Waals surface area contributed by atoms with Gasteiger partial charge >= 0.3 is 6.03 Å². The molecule has 31 heavy (non-hydrogen) atoms. The first-order valence-corrected chi connectivity index (χ1v) is 9.40. The van der Waals surface area contributed by atoms with Crippen LogP contribution in [0.5, 0.6) is 11.6 Å². The predicted molar refractivity (Wildman–Crippen MR) is 117 cm³/mol. The first kappa shape index (κ1) is 19.8. The molecule has 0 bridgehead atoms. The maximum Gasteiger partial charge on any atom is 0.323 e. The van der Waals surface area contributed by atoms with Gasteiger partial charge in [0.05, 0.1) is 0 Å². The molecule has 4 aromatic rings. The van der Waals surface area contributed by atoms with Crippen molar-refractivity contribution in [2.75, 3.05) is 16.0 Å². The van der Waals surface area contributed by atoms with Crippen LogP contribution in [0.1, 0.15) is 0 Å². The molecule has 0 fully saturated rings. The Hall–Kier alpha value is -4.46. The summed E-state index contributed by atoms with van der Waals surface area (Å²) in [5, 5.41) is 8.49. The molecule has 2 amide bonds. The van der Waals surface area contributed by atoms with E-state index in [1.807, 2.05) is 18.2 Å². The molecule has 3 N–H and O–H groups in total. The molecule has 1 aromatic heterocycles. The van der Waals surface area contributed by atoms with Crippen LogP contribution in [0.4, 0.5) is 32.1 Å². The second-order valence-electron chi connectivity index (χ2n) is 6.45. The average molecular weight is 415 g/mol. The Morgan fingerprint density at radius 1 is 0.774 bits per heavy atom. The minimum atomic E-state index is -0.346. The van der Waals surface area contributed by atoms with Crippen LogP contribution in [0.15, 0.2) is 91.3 Å². The zero-order valence-corrected chi connectivity index (χ0v) is 16.2. The van der Waals surface area contributed by atoms with Gasteiger partial charge in [-0.15, -0.1) is 0 Å². The van der Waals surface area contributed by atoms with Crippen LogP contribution in [0.25, 0.3) is 0 Å². The van der Waals surface area contributed by atoms with Crippen molar-refractivity contribution in [3.05, 3.63) is 97.1 Å². The molecule has 0 aliphatic rings. The van der Waals surface area contributed by atoms with Crippen LogP contribution in [-0.4, -0.2) is 16.0 Å². The zero-order valence-electron chi connectivity index (χ0n) is 16.2. The number of nitrogens with one attached hydrogen (secondary N) is 3. The fourth-order valence-electron chi connectivity index (χ4n) is 2.72. The zero-order chi connectivity index (χ0) is 21.5. The van der Waals surface area contributed by atoms with Crippen LogP contribution in [0, 0.1) is 5.82 Å². The predicted octanol–water partition coefficient (Wildman–Crippen LogP) is 5.80. The number of halogens is 1. The van der Waals surface area contributed by atoms with E-state index in [0.717, 1.165) is 0 Å². The monoisotopic (exact) mass is 415 g/mol. The van der Waals surface area contributed by atoms with E-state index in [2.05, 4.69) is 25.9 Å². The summed E-state index contributed by atoms with van der Waals surface area (Å²) in [5.41, 5.74) is 1.87. The lowest BCUT2D eigenvalue weighted by atomic mass is 10.3. The minimum absolute atomic E-state index is 0.316. The third-order valence-electron chi connectivity index (χ3n) is 4.11. The van der Waals surface area contributed by atoms with Crippen molar-refractivity contribution in [2.24, 2.45) is 0 Å². The number of ether oxygens (including phenoxy) is 1. The van der Waals surface area contributed by atoms with Gasteiger partial charge in [0.1, 0.15) is 23.7 Å². The van der Waals surface area contributed by atoms with E-state index in [-0.39, 0.29) is 11.8 Å². The maximum atomic E-state index is 13.3. The van der Waals surface area contributed by atoms with Crippen LogP contribution in [-0.2, 0) is 0 Å². The molecule has 0 saturated carbocycles. The highest BCUT2D eigenvalue weighted by atomic mass is 19.1. The van der Waals surface area contributed by atoms with Gasteiger partial charge in [-0.2, -0.15) is 0 Å². The Bertz CT molecular complexity index is 1170. The molecule has 154 valence electrons. The number of hydrogen-bond donors (Lipinski definition) is 3. The van der Waals surface area contributed by atoms with Gasteiger partial charge in [0, 0.05) is 23.1 Å². The molecule has 0 aliphatic carbocycles. The standard InChI is InChI=1S/C23H18FN5O2/c24-16-5-4-8-19(13-16)27-21-14-22(26-15-25-21)31-20-11-9-18(10-12-20)29-23(30)28-17-6-2-1-3-7-17/h1-15H,(H,25,26,27)(H2,28,29,30). The Morgan fingerprint density at radius 3 is 2.23 bits per heavy atom. The van der Waals surface area contributed by atoms with Gasteiger partial charge in [-0.25, -0.2) is 19.2 Å². The lowest BCUT2D eigenvalue weighted by Crippen LogP contribution is -2.19. The molecule has 7 nitrogen and oxygen atoms in total. The third kappa shape index (κ3) is 5.77. The van der Waals surface area contributed by atoms with E-state index < -0.39 is 0 Å². The highest BCUT2D eigenvalue weighted by molar-refractivity contribution is 5.99. The Balaban J connectivity index is 1.36. The van der Waals surface area contributed by atoms with E-state index in [0.29, 0.717) is 34.5 Å². The summed E-state index contributed by atoms with van der Waals surface area (Å²) < 4.78 is 19.1. The molecular weight excluding hydrogens is 397 g/mol. The van der Waals surface area contributed by atoms with Crippen molar-refractivity contribution in [3.63, 3.8) is 0 Å². The third-order valence-corrected chi connectivity index (χ3v) is 4.11. The number of aromatic nitrogens is 2. The van der Waals surface area contributed by atoms with Gasteiger partial charge in [-0.1, -0.05) is 24.3 Å². The lowest BCUT2D eigenvalue weighted by Gasteiger charge is -2.10. The molecule has 0 unspecified atom stereocenters. The molecule has 0 aliphatic heterocycles. The molecule has 8 heteroatoms. The largest absolute Gasteiger partial charge is 0.439 e. The fraction of sp³-hybridized carbons (Fsp3) is 0. The summed E-state index contributed by atoms with van der Waals surface area (Å²) in [5.74, 6) is 0.967. The number of nitrogens with zero attached hydrogens (tertiary/aromatic N) is 2. The van der Waals surface area contributed by atoms with Crippen LogP contribution in [0.3, 0.4) is 0 Å². The normalized spacial score (nSPS) is 10.2.